The molecule has 0 radical (unpaired) electrons. The first-order valence-corrected chi connectivity index (χ1v) is 4.92. The number of Topliss-reactive ketones (excluding diaryl/α,β-unsaturated/α-hetero) is 1. The average molecular weight is 205 g/mol. The fourth-order valence-electron chi connectivity index (χ4n) is 1.63. The zero-order valence-corrected chi connectivity index (χ0v) is 8.45. The van der Waals surface area contributed by atoms with Gasteiger partial charge < -0.3 is 4.74 Å². The van der Waals surface area contributed by atoms with E-state index in [-0.39, 0.29) is 11.5 Å². The molecule has 0 aromatic carbocycles. The van der Waals surface area contributed by atoms with E-state index in [0.717, 1.165) is 0 Å². The number of pyridine rings is 1. The van der Waals surface area contributed by atoms with E-state index in [1.165, 1.54) is 0 Å². The number of carbonyl (C=O) groups is 2. The Morgan fingerprint density at radius 2 is 2.27 bits per heavy atom. The van der Waals surface area contributed by atoms with Gasteiger partial charge in [-0.05, 0) is 25.5 Å². The molecule has 1 aromatic heterocycles. The molecule has 0 amide bonds. The Labute approximate surface area is 87.3 Å². The SMILES string of the molecule is CCOC(=O)c1ccc2c(n1)CCC2=O. The van der Waals surface area contributed by atoms with Gasteiger partial charge >= 0.3 is 5.97 Å². The first-order valence-electron chi connectivity index (χ1n) is 4.92. The van der Waals surface area contributed by atoms with Crippen molar-refractivity contribution in [3.63, 3.8) is 0 Å². The highest BCUT2D eigenvalue weighted by Crippen LogP contribution is 2.20. The zero-order valence-electron chi connectivity index (χ0n) is 8.45. The summed E-state index contributed by atoms with van der Waals surface area (Å²) in [7, 11) is 0. The molecule has 0 spiro atoms. The van der Waals surface area contributed by atoms with Crippen molar-refractivity contribution in [3.8, 4) is 0 Å². The van der Waals surface area contributed by atoms with Gasteiger partial charge in [0.1, 0.15) is 5.69 Å². The minimum absolute atomic E-state index is 0.105. The van der Waals surface area contributed by atoms with E-state index < -0.39 is 5.97 Å². The van der Waals surface area contributed by atoms with Gasteiger partial charge in [0.25, 0.3) is 0 Å². The number of ketones is 1. The van der Waals surface area contributed by atoms with Crippen LogP contribution in [-0.2, 0) is 11.2 Å². The summed E-state index contributed by atoms with van der Waals surface area (Å²) in [4.78, 5) is 26.8. The van der Waals surface area contributed by atoms with Crippen molar-refractivity contribution in [2.75, 3.05) is 6.61 Å². The molecule has 1 heterocycles. The monoisotopic (exact) mass is 205 g/mol. The second kappa shape index (κ2) is 3.81. The maximum absolute atomic E-state index is 11.4. The number of ether oxygens (including phenoxy) is 1. The predicted molar refractivity (Wildman–Crippen MR) is 52.8 cm³/mol. The predicted octanol–water partition coefficient (Wildman–Crippen LogP) is 1.39. The molecule has 1 aliphatic rings. The first-order chi connectivity index (χ1) is 7.22. The Bertz CT molecular complexity index is 426. The lowest BCUT2D eigenvalue weighted by Crippen LogP contribution is -2.08. The maximum Gasteiger partial charge on any atom is 0.356 e. The molecule has 0 atom stereocenters. The van der Waals surface area contributed by atoms with Crippen molar-refractivity contribution in [1.82, 2.24) is 4.98 Å². The number of fused-ring (bicyclic) bond motifs is 1. The van der Waals surface area contributed by atoms with Gasteiger partial charge in [0, 0.05) is 12.0 Å². The number of aryl methyl sites for hydroxylation is 1. The fourth-order valence-corrected chi connectivity index (χ4v) is 1.63. The van der Waals surface area contributed by atoms with Crippen molar-refractivity contribution >= 4 is 11.8 Å². The van der Waals surface area contributed by atoms with Crippen LogP contribution >= 0.6 is 0 Å². The van der Waals surface area contributed by atoms with Gasteiger partial charge in [0.2, 0.25) is 0 Å². The molecule has 1 aliphatic carbocycles. The zero-order chi connectivity index (χ0) is 10.8. The van der Waals surface area contributed by atoms with Crippen LogP contribution in [0.2, 0.25) is 0 Å². The number of hydrogen-bond acceptors (Lipinski definition) is 4. The maximum atomic E-state index is 11.4. The summed E-state index contributed by atoms with van der Waals surface area (Å²) in [5.74, 6) is -0.326. The van der Waals surface area contributed by atoms with Gasteiger partial charge in [0.15, 0.2) is 5.78 Å². The standard InChI is InChI=1S/C11H11NO3/c1-2-15-11(14)9-4-3-7-8(12-9)5-6-10(7)13/h3-4H,2,5-6H2,1H3. The second-order valence-corrected chi connectivity index (χ2v) is 3.33. The Morgan fingerprint density at radius 3 is 3.00 bits per heavy atom. The highest BCUT2D eigenvalue weighted by atomic mass is 16.5. The molecule has 15 heavy (non-hydrogen) atoms. The summed E-state index contributed by atoms with van der Waals surface area (Å²) in [5.41, 5.74) is 1.64. The van der Waals surface area contributed by atoms with E-state index in [9.17, 15) is 9.59 Å². The molecule has 0 fully saturated rings. The van der Waals surface area contributed by atoms with Gasteiger partial charge in [-0.2, -0.15) is 0 Å². The Kier molecular flexibility index (Phi) is 2.49. The molecule has 0 N–H and O–H groups in total. The van der Waals surface area contributed by atoms with Crippen LogP contribution in [-0.4, -0.2) is 23.3 Å². The third-order valence-corrected chi connectivity index (χ3v) is 2.35. The molecule has 0 saturated carbocycles. The lowest BCUT2D eigenvalue weighted by molar-refractivity contribution is 0.0519. The molecule has 2 rings (SSSR count). The first kappa shape index (κ1) is 9.83. The molecule has 0 unspecified atom stereocenters. The van der Waals surface area contributed by atoms with E-state index >= 15 is 0 Å². The third-order valence-electron chi connectivity index (χ3n) is 2.35. The number of carbonyl (C=O) groups excluding carboxylic acids is 2. The van der Waals surface area contributed by atoms with Gasteiger partial charge in [-0.3, -0.25) is 4.79 Å². The van der Waals surface area contributed by atoms with Crippen LogP contribution in [0.25, 0.3) is 0 Å². The Hall–Kier alpha value is -1.71. The molecule has 4 nitrogen and oxygen atoms in total. The van der Waals surface area contributed by atoms with Crippen LogP contribution in [0.3, 0.4) is 0 Å². The molecule has 0 bridgehead atoms. The van der Waals surface area contributed by atoms with Gasteiger partial charge in [-0.15, -0.1) is 0 Å². The number of nitrogens with zero attached hydrogens (tertiary/aromatic N) is 1. The average Bonchev–Trinajstić information content (AvgIpc) is 2.60. The lowest BCUT2D eigenvalue weighted by atomic mass is 10.2. The van der Waals surface area contributed by atoms with E-state index in [4.69, 9.17) is 4.74 Å². The summed E-state index contributed by atoms with van der Waals surface area (Å²) in [6.45, 7) is 2.07. The largest absolute Gasteiger partial charge is 0.461 e. The van der Waals surface area contributed by atoms with Crippen LogP contribution in [0, 0.1) is 0 Å². The Balaban J connectivity index is 2.30. The van der Waals surface area contributed by atoms with Crippen LogP contribution in [0.15, 0.2) is 12.1 Å². The minimum Gasteiger partial charge on any atom is -0.461 e. The van der Waals surface area contributed by atoms with Crippen LogP contribution < -0.4 is 0 Å². The topological polar surface area (TPSA) is 56.3 Å². The fraction of sp³-hybridized carbons (Fsp3) is 0.364. The second-order valence-electron chi connectivity index (χ2n) is 3.33. The van der Waals surface area contributed by atoms with Crippen LogP contribution in [0.4, 0.5) is 0 Å². The number of hydrogen-bond donors (Lipinski definition) is 0. The summed E-state index contributed by atoms with van der Waals surface area (Å²) in [6, 6.07) is 3.20. The van der Waals surface area contributed by atoms with Gasteiger partial charge in [-0.1, -0.05) is 0 Å². The van der Waals surface area contributed by atoms with Crippen LogP contribution in [0.1, 0.15) is 39.9 Å². The highest BCUT2D eigenvalue weighted by Gasteiger charge is 2.22. The van der Waals surface area contributed by atoms with Gasteiger partial charge in [0.05, 0.1) is 12.3 Å². The normalized spacial score (nSPS) is 13.8. The van der Waals surface area contributed by atoms with Crippen molar-refractivity contribution in [3.05, 3.63) is 29.1 Å². The van der Waals surface area contributed by atoms with E-state index in [0.29, 0.717) is 30.7 Å². The van der Waals surface area contributed by atoms with Crippen molar-refractivity contribution in [1.29, 1.82) is 0 Å². The molecular formula is C11H11NO3. The molecule has 4 heteroatoms. The number of esters is 1. The third kappa shape index (κ3) is 1.75. The number of aromatic nitrogens is 1. The van der Waals surface area contributed by atoms with E-state index in [1.54, 1.807) is 19.1 Å². The molecule has 1 aromatic rings. The van der Waals surface area contributed by atoms with E-state index in [1.807, 2.05) is 0 Å². The quantitative estimate of drug-likeness (QED) is 0.684. The van der Waals surface area contributed by atoms with Gasteiger partial charge in [-0.25, -0.2) is 9.78 Å². The summed E-state index contributed by atoms with van der Waals surface area (Å²) in [5, 5.41) is 0. The Morgan fingerprint density at radius 1 is 1.47 bits per heavy atom. The number of rotatable bonds is 2. The van der Waals surface area contributed by atoms with Crippen molar-refractivity contribution in [2.24, 2.45) is 0 Å². The van der Waals surface area contributed by atoms with Crippen molar-refractivity contribution in [2.45, 2.75) is 19.8 Å². The smallest absolute Gasteiger partial charge is 0.356 e. The summed E-state index contributed by atoms with van der Waals surface area (Å²) >= 11 is 0. The van der Waals surface area contributed by atoms with Crippen molar-refractivity contribution < 1.29 is 14.3 Å². The molecule has 0 aliphatic heterocycles. The minimum atomic E-state index is -0.431. The highest BCUT2D eigenvalue weighted by molar-refractivity contribution is 6.00. The molecule has 78 valence electrons. The summed E-state index contributed by atoms with van der Waals surface area (Å²) in [6.07, 6.45) is 1.12. The molecular weight excluding hydrogens is 194 g/mol. The molecule has 0 saturated heterocycles. The van der Waals surface area contributed by atoms with Crippen LogP contribution in [0.5, 0.6) is 0 Å². The van der Waals surface area contributed by atoms with E-state index in [2.05, 4.69) is 4.98 Å². The lowest BCUT2D eigenvalue weighted by Gasteiger charge is -2.02. The summed E-state index contributed by atoms with van der Waals surface area (Å²) < 4.78 is 4.83.